The number of allylic oxidation sites excluding steroid dienone is 1. The third-order valence-corrected chi connectivity index (χ3v) is 11.4. The molecule has 2 aromatic rings. The fourth-order valence-corrected chi connectivity index (χ4v) is 9.15. The molecule has 0 amide bonds. The van der Waals surface area contributed by atoms with E-state index in [9.17, 15) is 18.3 Å². The van der Waals surface area contributed by atoms with Crippen molar-refractivity contribution >= 4 is 33.3 Å². The molecule has 1 aliphatic heterocycles. The van der Waals surface area contributed by atoms with Crippen LogP contribution in [0.15, 0.2) is 48.0 Å². The molecule has 1 saturated carbocycles. The largest absolute Gasteiger partial charge is 0.490 e. The lowest BCUT2D eigenvalue weighted by molar-refractivity contribution is 0.00323. The van der Waals surface area contributed by atoms with E-state index in [1.54, 1.807) is 25.3 Å². The first-order valence-electron chi connectivity index (χ1n) is 15.3. The summed E-state index contributed by atoms with van der Waals surface area (Å²) < 4.78 is 35.9. The molecule has 1 fully saturated rings. The summed E-state index contributed by atoms with van der Waals surface area (Å²) in [7, 11) is -1.72. The Bertz CT molecular complexity index is 1530. The lowest BCUT2D eigenvalue weighted by atomic mass is 9.66. The van der Waals surface area contributed by atoms with Crippen LogP contribution in [0, 0.1) is 17.8 Å². The highest BCUT2D eigenvalue weighted by Crippen LogP contribution is 2.48. The van der Waals surface area contributed by atoms with Gasteiger partial charge in [0.25, 0.3) is 0 Å². The summed E-state index contributed by atoms with van der Waals surface area (Å²) in [6, 6.07) is 11.4. The number of aromatic carboxylic acids is 1. The van der Waals surface area contributed by atoms with Gasteiger partial charge in [-0.3, -0.25) is 0 Å². The maximum Gasteiger partial charge on any atom is 0.335 e. The first-order valence-corrected chi connectivity index (χ1v) is 17.4. The van der Waals surface area contributed by atoms with Crippen molar-refractivity contribution in [2.24, 2.45) is 22.9 Å². The number of nitrogens with two attached hydrogens (primary N) is 1. The number of hydrogen-bond donors (Lipinski definition) is 2. The number of hydrogen-bond acceptors (Lipinski definition) is 6. The van der Waals surface area contributed by atoms with Crippen molar-refractivity contribution in [3.8, 4) is 5.75 Å². The van der Waals surface area contributed by atoms with Crippen molar-refractivity contribution in [3.05, 3.63) is 69.8 Å². The Kier molecular flexibility index (Phi) is 8.54. The molecule has 1 spiro atoms. The van der Waals surface area contributed by atoms with E-state index in [-0.39, 0.29) is 28.8 Å². The summed E-state index contributed by atoms with van der Waals surface area (Å²) in [6.45, 7) is 2.03. The molecule has 2 aromatic carbocycles. The first-order chi connectivity index (χ1) is 20.5. The van der Waals surface area contributed by atoms with Crippen LogP contribution in [0.5, 0.6) is 5.75 Å². The molecule has 1 unspecified atom stereocenters. The highest BCUT2D eigenvalue weighted by molar-refractivity contribution is 7.89. The minimum atomic E-state index is -3.49. The molecule has 0 aromatic heterocycles. The molecule has 0 bridgehead atoms. The number of carboxylic acids is 1. The van der Waals surface area contributed by atoms with Crippen LogP contribution >= 0.6 is 11.6 Å². The van der Waals surface area contributed by atoms with Gasteiger partial charge in [-0.15, -0.1) is 0 Å². The maximum absolute atomic E-state index is 12.0. The van der Waals surface area contributed by atoms with Gasteiger partial charge < -0.3 is 19.5 Å². The molecule has 8 nitrogen and oxygen atoms in total. The average molecular weight is 629 g/mol. The van der Waals surface area contributed by atoms with E-state index in [0.29, 0.717) is 24.9 Å². The number of methoxy groups -OCH3 is 1. The predicted molar refractivity (Wildman–Crippen MR) is 168 cm³/mol. The van der Waals surface area contributed by atoms with Gasteiger partial charge in [-0.25, -0.2) is 18.4 Å². The van der Waals surface area contributed by atoms with Crippen LogP contribution in [-0.2, 0) is 26.6 Å². The van der Waals surface area contributed by atoms with E-state index in [2.05, 4.69) is 23.1 Å². The van der Waals surface area contributed by atoms with Gasteiger partial charge in [0.1, 0.15) is 5.75 Å². The van der Waals surface area contributed by atoms with E-state index in [1.165, 1.54) is 16.7 Å². The predicted octanol–water partition coefficient (Wildman–Crippen LogP) is 5.57. The zero-order valence-corrected chi connectivity index (χ0v) is 26.2. The first kappa shape index (κ1) is 30.4. The van der Waals surface area contributed by atoms with Crippen LogP contribution in [-0.4, -0.2) is 58.2 Å². The van der Waals surface area contributed by atoms with E-state index in [1.807, 2.05) is 6.07 Å². The molecular formula is C33H41ClN2O6S. The van der Waals surface area contributed by atoms with Gasteiger partial charge in [0.2, 0.25) is 10.0 Å². The minimum Gasteiger partial charge on any atom is -0.490 e. The molecule has 0 radical (unpaired) electrons. The van der Waals surface area contributed by atoms with Crippen molar-refractivity contribution in [1.82, 2.24) is 0 Å². The number of nitrogens with zero attached hydrogens (tertiary/aromatic N) is 1. The highest BCUT2D eigenvalue weighted by atomic mass is 35.5. The Morgan fingerprint density at radius 3 is 2.72 bits per heavy atom. The third-order valence-electron chi connectivity index (χ3n) is 10.2. The van der Waals surface area contributed by atoms with Gasteiger partial charge >= 0.3 is 5.97 Å². The Balaban J connectivity index is 1.28. The Morgan fingerprint density at radius 2 is 2.05 bits per heavy atom. The van der Waals surface area contributed by atoms with Crippen LogP contribution in [0.3, 0.4) is 0 Å². The molecule has 0 saturated heterocycles. The van der Waals surface area contributed by atoms with E-state index in [0.717, 1.165) is 74.5 Å². The van der Waals surface area contributed by atoms with E-state index < -0.39 is 16.0 Å². The van der Waals surface area contributed by atoms with Gasteiger partial charge in [0, 0.05) is 30.6 Å². The molecular weight excluding hydrogens is 588 g/mol. The van der Waals surface area contributed by atoms with Crippen LogP contribution in [0.2, 0.25) is 5.02 Å². The van der Waals surface area contributed by atoms with Crippen LogP contribution in [0.1, 0.15) is 66.4 Å². The van der Waals surface area contributed by atoms with Crippen molar-refractivity contribution in [3.63, 3.8) is 0 Å². The van der Waals surface area contributed by atoms with Gasteiger partial charge in [-0.1, -0.05) is 23.7 Å². The minimum absolute atomic E-state index is 0.0197. The van der Waals surface area contributed by atoms with Crippen LogP contribution in [0.4, 0.5) is 5.69 Å². The van der Waals surface area contributed by atoms with Crippen molar-refractivity contribution < 1.29 is 27.8 Å². The highest BCUT2D eigenvalue weighted by Gasteiger charge is 2.45. The third kappa shape index (κ3) is 6.32. The number of aryl methyl sites for hydroxylation is 1. The molecule has 232 valence electrons. The number of ether oxygens (including phenoxy) is 2. The normalized spacial score (nSPS) is 27.7. The number of anilines is 1. The van der Waals surface area contributed by atoms with Crippen LogP contribution < -0.4 is 14.8 Å². The number of fused-ring (bicyclic) bond motifs is 3. The van der Waals surface area contributed by atoms with Crippen molar-refractivity contribution in [1.29, 1.82) is 0 Å². The Hall–Kier alpha value is -2.59. The second-order valence-electron chi connectivity index (χ2n) is 13.0. The van der Waals surface area contributed by atoms with Gasteiger partial charge in [0.05, 0.1) is 29.7 Å². The summed E-state index contributed by atoms with van der Waals surface area (Å²) in [6.07, 6.45) is 9.59. The zero-order chi connectivity index (χ0) is 30.4. The number of carbonyl (C=O) groups is 1. The number of benzene rings is 2. The second kappa shape index (κ2) is 12.1. The smallest absolute Gasteiger partial charge is 0.335 e. The number of rotatable bonds is 8. The molecule has 5 atom stereocenters. The Morgan fingerprint density at radius 1 is 1.21 bits per heavy atom. The number of halogens is 1. The second-order valence-corrected chi connectivity index (χ2v) is 15.1. The number of carboxylic acid groups (broad SMARTS) is 1. The quantitative estimate of drug-likeness (QED) is 0.367. The number of primary sulfonamides is 1. The monoisotopic (exact) mass is 628 g/mol. The lowest BCUT2D eigenvalue weighted by Crippen LogP contribution is -2.50. The molecule has 10 heteroatoms. The lowest BCUT2D eigenvalue weighted by Gasteiger charge is -2.47. The SMILES string of the molecule is COC(C1=CC[C@H](CS(N)(=O)=O)CC1)[C@@H]1CC[C@H]1CN1C[C@@]2(CCCc3cc(Cl)ccc32)COc2ccc(C(=O)O)cc21. The van der Waals surface area contributed by atoms with Gasteiger partial charge in [-0.2, -0.15) is 0 Å². The summed E-state index contributed by atoms with van der Waals surface area (Å²) >= 11 is 6.39. The Labute approximate surface area is 259 Å². The summed E-state index contributed by atoms with van der Waals surface area (Å²) in [5.41, 5.74) is 4.65. The van der Waals surface area contributed by atoms with Gasteiger partial charge in [0.15, 0.2) is 0 Å². The summed E-state index contributed by atoms with van der Waals surface area (Å²) in [5.74, 6) is 0.525. The fraction of sp³-hybridized carbons (Fsp3) is 0.545. The van der Waals surface area contributed by atoms with Crippen molar-refractivity contribution in [2.45, 2.75) is 62.9 Å². The molecule has 3 N–H and O–H groups in total. The molecule has 3 aliphatic carbocycles. The standard InChI is InChI=1S/C33H41ClN2O6S/c1-41-31(22-6-4-21(5-7-22)18-43(35,39)40)27-11-8-25(27)17-36-19-33(14-2-3-23-15-26(34)10-12-28(23)33)20-42-30-13-9-24(32(37)38)16-29(30)36/h6,9-10,12-13,15-16,21,25,27,31H,2-5,7-8,11,14,17-20H2,1H3,(H,37,38)(H2,35,39,40)/t21-,25-,27+,31?,33-/m0/s1. The summed E-state index contributed by atoms with van der Waals surface area (Å²) in [4.78, 5) is 14.4. The fourth-order valence-electron chi connectivity index (χ4n) is 8.00. The van der Waals surface area contributed by atoms with Crippen LogP contribution in [0.25, 0.3) is 0 Å². The maximum atomic E-state index is 12.0. The topological polar surface area (TPSA) is 119 Å². The van der Waals surface area contributed by atoms with Crippen molar-refractivity contribution in [2.75, 3.05) is 37.5 Å². The molecule has 43 heavy (non-hydrogen) atoms. The molecule has 1 heterocycles. The van der Waals surface area contributed by atoms with Gasteiger partial charge in [-0.05, 0) is 116 Å². The van der Waals surface area contributed by atoms with E-state index >= 15 is 0 Å². The number of sulfonamides is 1. The molecule has 4 aliphatic rings. The summed E-state index contributed by atoms with van der Waals surface area (Å²) in [5, 5.41) is 15.9. The average Bonchev–Trinajstić information content (AvgIpc) is 3.10. The molecule has 6 rings (SSSR count). The van der Waals surface area contributed by atoms with E-state index in [4.69, 9.17) is 26.2 Å². The zero-order valence-electron chi connectivity index (χ0n) is 24.6.